The van der Waals surface area contributed by atoms with Gasteiger partial charge in [-0.2, -0.15) is 0 Å². The highest BCUT2D eigenvalue weighted by Gasteiger charge is 2.14. The number of halogens is 1. The number of hydrogen-bond donors (Lipinski definition) is 1. The van der Waals surface area contributed by atoms with E-state index in [-0.39, 0.29) is 18.3 Å². The fraction of sp³-hybridized carbons (Fsp3) is 0.188. The molecule has 1 aliphatic heterocycles. The van der Waals surface area contributed by atoms with Crippen molar-refractivity contribution in [2.24, 2.45) is 0 Å². The molecule has 0 fully saturated rings. The van der Waals surface area contributed by atoms with Crippen molar-refractivity contribution in [3.05, 3.63) is 59.4 Å². The molecule has 0 aromatic heterocycles. The fourth-order valence-electron chi connectivity index (χ4n) is 2.12. The molecule has 0 aliphatic carbocycles. The van der Waals surface area contributed by atoms with Crippen LogP contribution in [0.25, 0.3) is 0 Å². The molecule has 0 saturated heterocycles. The lowest BCUT2D eigenvalue weighted by Gasteiger charge is -2.18. The summed E-state index contributed by atoms with van der Waals surface area (Å²) in [5, 5.41) is 2.75. The summed E-state index contributed by atoms with van der Waals surface area (Å²) in [6.45, 7) is 1.25. The van der Waals surface area contributed by atoms with Gasteiger partial charge in [0.1, 0.15) is 19.0 Å². The Morgan fingerprint density at radius 1 is 1.10 bits per heavy atom. The Labute approximate surface area is 121 Å². The standard InChI is InChI=1S/C16H14FNO3/c17-13-3-1-2-11(8-13)10-18-16(19)12-4-5-14-15(9-12)21-7-6-20-14/h1-5,8-9H,6-7,10H2,(H,18,19). The molecule has 108 valence electrons. The zero-order chi connectivity index (χ0) is 14.7. The van der Waals surface area contributed by atoms with Gasteiger partial charge in [-0.15, -0.1) is 0 Å². The Hall–Kier alpha value is -2.56. The van der Waals surface area contributed by atoms with Crippen LogP contribution < -0.4 is 14.8 Å². The molecule has 0 atom stereocenters. The molecular weight excluding hydrogens is 273 g/mol. The summed E-state index contributed by atoms with van der Waals surface area (Å²) in [5.41, 5.74) is 1.19. The number of hydrogen-bond acceptors (Lipinski definition) is 3. The molecule has 0 spiro atoms. The van der Waals surface area contributed by atoms with Crippen LogP contribution in [-0.4, -0.2) is 19.1 Å². The van der Waals surface area contributed by atoms with E-state index in [9.17, 15) is 9.18 Å². The van der Waals surface area contributed by atoms with E-state index in [4.69, 9.17) is 9.47 Å². The molecule has 3 rings (SSSR count). The van der Waals surface area contributed by atoms with Gasteiger partial charge in [-0.05, 0) is 35.9 Å². The van der Waals surface area contributed by atoms with Crippen molar-refractivity contribution in [3.63, 3.8) is 0 Å². The molecule has 2 aromatic rings. The molecule has 1 heterocycles. The zero-order valence-electron chi connectivity index (χ0n) is 11.3. The van der Waals surface area contributed by atoms with Crippen LogP contribution in [0.2, 0.25) is 0 Å². The van der Waals surface area contributed by atoms with E-state index in [1.165, 1.54) is 12.1 Å². The van der Waals surface area contributed by atoms with E-state index >= 15 is 0 Å². The lowest BCUT2D eigenvalue weighted by Crippen LogP contribution is -2.23. The van der Waals surface area contributed by atoms with Gasteiger partial charge in [-0.1, -0.05) is 12.1 Å². The summed E-state index contributed by atoms with van der Waals surface area (Å²) in [7, 11) is 0. The van der Waals surface area contributed by atoms with E-state index < -0.39 is 0 Å². The number of carbonyl (C=O) groups is 1. The molecule has 1 amide bonds. The highest BCUT2D eigenvalue weighted by atomic mass is 19.1. The van der Waals surface area contributed by atoms with Gasteiger partial charge < -0.3 is 14.8 Å². The molecule has 0 radical (unpaired) electrons. The minimum Gasteiger partial charge on any atom is -0.486 e. The maximum Gasteiger partial charge on any atom is 0.251 e. The van der Waals surface area contributed by atoms with Gasteiger partial charge in [0.15, 0.2) is 11.5 Å². The van der Waals surface area contributed by atoms with Crippen LogP contribution in [0, 0.1) is 5.82 Å². The maximum atomic E-state index is 13.1. The normalized spacial score (nSPS) is 12.8. The van der Waals surface area contributed by atoms with Crippen LogP contribution in [0.3, 0.4) is 0 Å². The Morgan fingerprint density at radius 2 is 1.90 bits per heavy atom. The second-order valence-corrected chi connectivity index (χ2v) is 4.67. The van der Waals surface area contributed by atoms with Gasteiger partial charge >= 0.3 is 0 Å². The van der Waals surface area contributed by atoms with E-state index in [2.05, 4.69) is 5.32 Å². The van der Waals surface area contributed by atoms with Crippen LogP contribution in [0.5, 0.6) is 11.5 Å². The van der Waals surface area contributed by atoms with Gasteiger partial charge in [0.05, 0.1) is 0 Å². The van der Waals surface area contributed by atoms with Crippen LogP contribution in [0.15, 0.2) is 42.5 Å². The van der Waals surface area contributed by atoms with Gasteiger partial charge in [0.2, 0.25) is 0 Å². The first kappa shape index (κ1) is 13.4. The van der Waals surface area contributed by atoms with Crippen LogP contribution in [0.1, 0.15) is 15.9 Å². The number of ether oxygens (including phenoxy) is 2. The monoisotopic (exact) mass is 287 g/mol. The number of carbonyl (C=O) groups excluding carboxylic acids is 1. The minimum absolute atomic E-state index is 0.240. The molecular formula is C16H14FNO3. The summed E-state index contributed by atoms with van der Waals surface area (Å²) in [5.74, 6) is 0.653. The van der Waals surface area contributed by atoms with Crippen LogP contribution >= 0.6 is 0 Å². The summed E-state index contributed by atoms with van der Waals surface area (Å²) >= 11 is 0. The summed E-state index contributed by atoms with van der Waals surface area (Å²) in [6.07, 6.45) is 0. The predicted molar refractivity (Wildman–Crippen MR) is 75.0 cm³/mol. The first-order valence-electron chi connectivity index (χ1n) is 6.65. The summed E-state index contributed by atoms with van der Waals surface area (Å²) in [6, 6.07) is 11.2. The van der Waals surface area contributed by atoms with Gasteiger partial charge in [-0.25, -0.2) is 4.39 Å². The van der Waals surface area contributed by atoms with E-state index in [1.54, 1.807) is 30.3 Å². The summed E-state index contributed by atoms with van der Waals surface area (Å²) < 4.78 is 23.9. The van der Waals surface area contributed by atoms with Crippen molar-refractivity contribution < 1.29 is 18.7 Å². The molecule has 0 bridgehead atoms. The molecule has 4 nitrogen and oxygen atoms in total. The molecule has 21 heavy (non-hydrogen) atoms. The van der Waals surface area contributed by atoms with Crippen LogP contribution in [0.4, 0.5) is 4.39 Å². The summed E-state index contributed by atoms with van der Waals surface area (Å²) in [4.78, 5) is 12.1. The number of fused-ring (bicyclic) bond motifs is 1. The van der Waals surface area contributed by atoms with Crippen molar-refractivity contribution in [3.8, 4) is 11.5 Å². The number of nitrogens with one attached hydrogen (secondary N) is 1. The topological polar surface area (TPSA) is 47.6 Å². The maximum absolute atomic E-state index is 13.1. The predicted octanol–water partition coefficient (Wildman–Crippen LogP) is 2.53. The van der Waals surface area contributed by atoms with Gasteiger partial charge in [0, 0.05) is 12.1 Å². The first-order valence-corrected chi connectivity index (χ1v) is 6.65. The Bertz CT molecular complexity index is 672. The number of benzene rings is 2. The number of rotatable bonds is 3. The zero-order valence-corrected chi connectivity index (χ0v) is 11.3. The molecule has 1 aliphatic rings. The minimum atomic E-state index is -0.318. The van der Waals surface area contributed by atoms with Crippen molar-refractivity contribution in [2.45, 2.75) is 6.54 Å². The largest absolute Gasteiger partial charge is 0.486 e. The second kappa shape index (κ2) is 5.83. The van der Waals surface area contributed by atoms with Crippen molar-refractivity contribution >= 4 is 5.91 Å². The van der Waals surface area contributed by atoms with Crippen molar-refractivity contribution in [2.75, 3.05) is 13.2 Å². The molecule has 2 aromatic carbocycles. The molecule has 5 heteroatoms. The van der Waals surface area contributed by atoms with Crippen molar-refractivity contribution in [1.29, 1.82) is 0 Å². The Morgan fingerprint density at radius 3 is 2.71 bits per heavy atom. The third kappa shape index (κ3) is 3.13. The van der Waals surface area contributed by atoms with Gasteiger partial charge in [-0.3, -0.25) is 4.79 Å². The average molecular weight is 287 g/mol. The van der Waals surface area contributed by atoms with Crippen LogP contribution in [-0.2, 0) is 6.54 Å². The third-order valence-electron chi connectivity index (χ3n) is 3.15. The first-order chi connectivity index (χ1) is 10.2. The SMILES string of the molecule is O=C(NCc1cccc(F)c1)c1ccc2c(c1)OCCO2. The quantitative estimate of drug-likeness (QED) is 0.943. The van der Waals surface area contributed by atoms with E-state index in [0.717, 1.165) is 0 Å². The van der Waals surface area contributed by atoms with Crippen molar-refractivity contribution in [1.82, 2.24) is 5.32 Å². The highest BCUT2D eigenvalue weighted by molar-refractivity contribution is 5.94. The molecule has 0 saturated carbocycles. The smallest absolute Gasteiger partial charge is 0.251 e. The fourth-order valence-corrected chi connectivity index (χ4v) is 2.12. The lowest BCUT2D eigenvalue weighted by atomic mass is 10.1. The second-order valence-electron chi connectivity index (χ2n) is 4.67. The third-order valence-corrected chi connectivity index (χ3v) is 3.15. The highest BCUT2D eigenvalue weighted by Crippen LogP contribution is 2.30. The molecule has 1 N–H and O–H groups in total. The van der Waals surface area contributed by atoms with E-state index in [0.29, 0.717) is 35.8 Å². The lowest BCUT2D eigenvalue weighted by molar-refractivity contribution is 0.0949. The Kier molecular flexibility index (Phi) is 3.73. The number of amides is 1. The Balaban J connectivity index is 1.68. The average Bonchev–Trinajstić information content (AvgIpc) is 2.52. The van der Waals surface area contributed by atoms with Gasteiger partial charge in [0.25, 0.3) is 5.91 Å². The molecule has 0 unspecified atom stereocenters. The van der Waals surface area contributed by atoms with E-state index in [1.807, 2.05) is 0 Å².